The maximum absolute atomic E-state index is 12.4. The molecule has 0 aliphatic carbocycles. The highest BCUT2D eigenvalue weighted by molar-refractivity contribution is 7.98. The van der Waals surface area contributed by atoms with Gasteiger partial charge in [0.15, 0.2) is 5.76 Å². The summed E-state index contributed by atoms with van der Waals surface area (Å²) in [4.78, 5) is 25.7. The summed E-state index contributed by atoms with van der Waals surface area (Å²) in [6.45, 7) is 5.78. The summed E-state index contributed by atoms with van der Waals surface area (Å²) in [5.41, 5.74) is 0.829. The lowest BCUT2D eigenvalue weighted by Gasteiger charge is -2.20. The van der Waals surface area contributed by atoms with Crippen molar-refractivity contribution in [1.29, 1.82) is 0 Å². The molecule has 0 fully saturated rings. The fourth-order valence-electron chi connectivity index (χ4n) is 2.56. The number of thioether (sulfide) groups is 1. The molecule has 3 rings (SSSR count). The average molecular weight is 409 g/mol. The van der Waals surface area contributed by atoms with E-state index in [0.717, 1.165) is 10.7 Å². The van der Waals surface area contributed by atoms with Crippen LogP contribution >= 0.6 is 11.8 Å². The summed E-state index contributed by atoms with van der Waals surface area (Å²) in [7, 11) is 0. The number of anilines is 1. The zero-order chi connectivity index (χ0) is 20.9. The number of furan rings is 1. The highest BCUT2D eigenvalue weighted by Gasteiger charge is 2.16. The van der Waals surface area contributed by atoms with Gasteiger partial charge in [-0.3, -0.25) is 9.59 Å². The van der Waals surface area contributed by atoms with Gasteiger partial charge >= 0.3 is 0 Å². The van der Waals surface area contributed by atoms with Crippen LogP contribution < -0.4 is 10.6 Å². The Labute approximate surface area is 174 Å². The fourth-order valence-corrected chi connectivity index (χ4v) is 3.37. The Balaban J connectivity index is 1.56. The largest absolute Gasteiger partial charge is 0.455 e. The molecule has 0 unspecified atom stereocenters. The van der Waals surface area contributed by atoms with Crippen molar-refractivity contribution in [3.8, 4) is 0 Å². The summed E-state index contributed by atoms with van der Waals surface area (Å²) in [5.74, 6) is 1.16. The van der Waals surface area contributed by atoms with E-state index in [1.54, 1.807) is 42.1 Å². The van der Waals surface area contributed by atoms with Crippen LogP contribution in [0.5, 0.6) is 0 Å². The molecule has 29 heavy (non-hydrogen) atoms. The molecular weight excluding hydrogens is 384 g/mol. The molecule has 6 heteroatoms. The van der Waals surface area contributed by atoms with Gasteiger partial charge in [0, 0.05) is 21.7 Å². The van der Waals surface area contributed by atoms with Crippen LogP contribution in [-0.4, -0.2) is 17.4 Å². The first-order chi connectivity index (χ1) is 13.8. The molecule has 0 atom stereocenters. The Kier molecular flexibility index (Phi) is 6.44. The van der Waals surface area contributed by atoms with Crippen LogP contribution in [0.3, 0.4) is 0 Å². The van der Waals surface area contributed by atoms with Gasteiger partial charge in [-0.1, -0.05) is 18.2 Å². The molecule has 2 aromatic carbocycles. The minimum atomic E-state index is -0.326. The quantitative estimate of drug-likeness (QED) is 0.539. The van der Waals surface area contributed by atoms with E-state index in [1.165, 1.54) is 0 Å². The van der Waals surface area contributed by atoms with Gasteiger partial charge in [0.2, 0.25) is 0 Å². The van der Waals surface area contributed by atoms with E-state index in [-0.39, 0.29) is 23.1 Å². The Morgan fingerprint density at radius 1 is 0.897 bits per heavy atom. The maximum Gasteiger partial charge on any atom is 0.291 e. The van der Waals surface area contributed by atoms with Crippen molar-refractivity contribution < 1.29 is 14.0 Å². The molecule has 0 saturated heterocycles. The van der Waals surface area contributed by atoms with Gasteiger partial charge in [0.1, 0.15) is 5.76 Å². The molecule has 0 bridgehead atoms. The zero-order valence-corrected chi connectivity index (χ0v) is 17.5. The minimum Gasteiger partial charge on any atom is -0.455 e. The maximum atomic E-state index is 12.4. The highest BCUT2D eigenvalue weighted by Crippen LogP contribution is 2.23. The number of nitrogens with one attached hydrogen (secondary N) is 2. The zero-order valence-electron chi connectivity index (χ0n) is 16.7. The van der Waals surface area contributed by atoms with Crippen molar-refractivity contribution in [2.45, 2.75) is 37.0 Å². The molecule has 0 spiro atoms. The van der Waals surface area contributed by atoms with Crippen molar-refractivity contribution >= 4 is 29.3 Å². The molecule has 0 radical (unpaired) electrons. The molecule has 150 valence electrons. The number of amides is 2. The van der Waals surface area contributed by atoms with E-state index in [2.05, 4.69) is 10.6 Å². The highest BCUT2D eigenvalue weighted by atomic mass is 32.2. The van der Waals surface area contributed by atoms with Crippen LogP contribution in [-0.2, 0) is 5.75 Å². The third-order valence-corrected chi connectivity index (χ3v) is 4.94. The summed E-state index contributed by atoms with van der Waals surface area (Å²) < 4.78 is 5.66. The minimum absolute atomic E-state index is 0.151. The van der Waals surface area contributed by atoms with Crippen LogP contribution in [0.1, 0.15) is 47.4 Å². The van der Waals surface area contributed by atoms with E-state index in [1.807, 2.05) is 57.2 Å². The van der Waals surface area contributed by atoms with E-state index >= 15 is 0 Å². The smallest absolute Gasteiger partial charge is 0.291 e. The monoisotopic (exact) mass is 408 g/mol. The van der Waals surface area contributed by atoms with Crippen molar-refractivity contribution in [1.82, 2.24) is 5.32 Å². The van der Waals surface area contributed by atoms with Gasteiger partial charge < -0.3 is 15.1 Å². The lowest BCUT2D eigenvalue weighted by molar-refractivity contribution is 0.0919. The Morgan fingerprint density at radius 3 is 2.24 bits per heavy atom. The molecule has 0 aliphatic heterocycles. The van der Waals surface area contributed by atoms with Gasteiger partial charge in [-0.15, -0.1) is 11.8 Å². The van der Waals surface area contributed by atoms with Gasteiger partial charge in [0.05, 0.1) is 5.75 Å². The normalized spacial score (nSPS) is 11.1. The van der Waals surface area contributed by atoms with Gasteiger partial charge in [-0.05, 0) is 69.3 Å². The number of carbonyl (C=O) groups is 2. The molecule has 2 amide bonds. The standard InChI is InChI=1S/C23H24N2O3S/c1-23(2,3)25-21(26)16-9-11-17(12-10-16)24-22(27)20-14-13-18(28-20)15-29-19-7-5-4-6-8-19/h4-14H,15H2,1-3H3,(H,24,27)(H,25,26). The predicted molar refractivity (Wildman–Crippen MR) is 116 cm³/mol. The van der Waals surface area contributed by atoms with Crippen LogP contribution in [0.4, 0.5) is 5.69 Å². The SMILES string of the molecule is CC(C)(C)NC(=O)c1ccc(NC(=O)c2ccc(CSc3ccccc3)o2)cc1. The lowest BCUT2D eigenvalue weighted by Crippen LogP contribution is -2.40. The summed E-state index contributed by atoms with van der Waals surface area (Å²) in [5, 5.41) is 5.69. The topological polar surface area (TPSA) is 71.3 Å². The van der Waals surface area contributed by atoms with Crippen molar-refractivity contribution in [3.05, 3.63) is 83.8 Å². The first-order valence-corrected chi connectivity index (χ1v) is 10.3. The summed E-state index contributed by atoms with van der Waals surface area (Å²) >= 11 is 1.65. The summed E-state index contributed by atoms with van der Waals surface area (Å²) in [6.07, 6.45) is 0. The molecular formula is C23H24N2O3S. The van der Waals surface area contributed by atoms with E-state index in [9.17, 15) is 9.59 Å². The first-order valence-electron chi connectivity index (χ1n) is 9.31. The fraction of sp³-hybridized carbons (Fsp3) is 0.217. The second-order valence-corrected chi connectivity index (χ2v) is 8.65. The molecule has 1 heterocycles. The second kappa shape index (κ2) is 9.01. The Hall–Kier alpha value is -2.99. The van der Waals surface area contributed by atoms with Crippen molar-refractivity contribution in [3.63, 3.8) is 0 Å². The number of benzene rings is 2. The van der Waals surface area contributed by atoms with Crippen LogP contribution in [0, 0.1) is 0 Å². The molecule has 0 saturated carbocycles. The molecule has 0 aliphatic rings. The predicted octanol–water partition coefficient (Wildman–Crippen LogP) is 5.35. The third kappa shape index (κ3) is 6.26. The van der Waals surface area contributed by atoms with Crippen LogP contribution in [0.25, 0.3) is 0 Å². The van der Waals surface area contributed by atoms with E-state index in [0.29, 0.717) is 17.0 Å². The summed E-state index contributed by atoms with van der Waals surface area (Å²) in [6, 6.07) is 20.3. The number of carbonyl (C=O) groups excluding carboxylic acids is 2. The third-order valence-electron chi connectivity index (χ3n) is 3.90. The van der Waals surface area contributed by atoms with Crippen molar-refractivity contribution in [2.75, 3.05) is 5.32 Å². The lowest BCUT2D eigenvalue weighted by atomic mass is 10.1. The van der Waals surface area contributed by atoms with Gasteiger partial charge in [-0.25, -0.2) is 0 Å². The molecule has 1 aromatic heterocycles. The van der Waals surface area contributed by atoms with E-state index in [4.69, 9.17) is 4.42 Å². The van der Waals surface area contributed by atoms with Gasteiger partial charge in [-0.2, -0.15) is 0 Å². The second-order valence-electron chi connectivity index (χ2n) is 7.60. The van der Waals surface area contributed by atoms with E-state index < -0.39 is 0 Å². The van der Waals surface area contributed by atoms with Crippen LogP contribution in [0.15, 0.2) is 76.0 Å². The average Bonchev–Trinajstić information content (AvgIpc) is 3.16. The number of hydrogen-bond acceptors (Lipinski definition) is 4. The van der Waals surface area contributed by atoms with Crippen molar-refractivity contribution in [2.24, 2.45) is 0 Å². The molecule has 5 nitrogen and oxygen atoms in total. The van der Waals surface area contributed by atoms with Gasteiger partial charge in [0.25, 0.3) is 11.8 Å². The number of rotatable bonds is 6. The molecule has 3 aromatic rings. The molecule has 2 N–H and O–H groups in total. The first kappa shape index (κ1) is 20.7. The number of hydrogen-bond donors (Lipinski definition) is 2. The van der Waals surface area contributed by atoms with Crippen LogP contribution in [0.2, 0.25) is 0 Å². The Bertz CT molecular complexity index is 973. The Morgan fingerprint density at radius 2 is 1.59 bits per heavy atom.